The summed E-state index contributed by atoms with van der Waals surface area (Å²) in [5.41, 5.74) is 7.90. The molecule has 0 unspecified atom stereocenters. The molecule has 0 aliphatic rings. The highest BCUT2D eigenvalue weighted by Crippen LogP contribution is 2.39. The van der Waals surface area contributed by atoms with Gasteiger partial charge in [0, 0.05) is 35.6 Å². The summed E-state index contributed by atoms with van der Waals surface area (Å²) in [4.78, 5) is 18.4. The lowest BCUT2D eigenvalue weighted by Crippen LogP contribution is -1.99. The third kappa shape index (κ3) is 2.23. The van der Waals surface area contributed by atoms with E-state index in [1.54, 1.807) is 12.4 Å². The van der Waals surface area contributed by atoms with Gasteiger partial charge in [0.05, 0.1) is 45.8 Å². The number of para-hydroxylation sites is 1. The number of pyridine rings is 4. The predicted octanol–water partition coefficient (Wildman–Crippen LogP) is 5.46. The molecule has 0 N–H and O–H groups in total. The first-order valence-electron chi connectivity index (χ1n) is 10.4. The Morgan fingerprint density at radius 2 is 1.19 bits per heavy atom. The smallest absolute Gasteiger partial charge is 0.117 e. The Morgan fingerprint density at radius 1 is 0.500 bits per heavy atom. The predicted molar refractivity (Wildman–Crippen MR) is 126 cm³/mol. The Morgan fingerprint density at radius 3 is 1.94 bits per heavy atom. The number of fused-ring (bicyclic) bond motifs is 7. The van der Waals surface area contributed by atoms with Crippen LogP contribution < -0.4 is 0 Å². The average molecular weight is 412 g/mol. The van der Waals surface area contributed by atoms with Crippen molar-refractivity contribution in [2.24, 2.45) is 0 Å². The van der Waals surface area contributed by atoms with Gasteiger partial charge in [-0.1, -0.05) is 18.2 Å². The summed E-state index contributed by atoms with van der Waals surface area (Å²) in [6.45, 7) is 0. The van der Waals surface area contributed by atoms with Gasteiger partial charge in [0.15, 0.2) is 0 Å². The maximum absolute atomic E-state index is 4.91. The first-order valence-corrected chi connectivity index (χ1v) is 10.4. The lowest BCUT2D eigenvalue weighted by molar-refractivity contribution is 1.11. The van der Waals surface area contributed by atoms with Gasteiger partial charge in [0.1, 0.15) is 11.0 Å². The van der Waals surface area contributed by atoms with Crippen molar-refractivity contribution in [3.63, 3.8) is 0 Å². The quantitative estimate of drug-likeness (QED) is 0.378. The summed E-state index contributed by atoms with van der Waals surface area (Å²) < 4.78 is 4.49. The van der Waals surface area contributed by atoms with Gasteiger partial charge in [-0.05, 0) is 42.5 Å². The van der Waals surface area contributed by atoms with E-state index in [1.165, 1.54) is 0 Å². The van der Waals surface area contributed by atoms with Crippen molar-refractivity contribution in [2.45, 2.75) is 0 Å². The Labute approximate surface area is 182 Å². The molecule has 0 aliphatic carbocycles. The molecule has 6 aromatic heterocycles. The average Bonchev–Trinajstić information content (AvgIpc) is 3.38. The van der Waals surface area contributed by atoms with Crippen LogP contribution in [0.15, 0.2) is 97.8 Å². The minimum absolute atomic E-state index is 0.866. The summed E-state index contributed by atoms with van der Waals surface area (Å²) in [5.74, 6) is 0. The summed E-state index contributed by atoms with van der Waals surface area (Å²) in [7, 11) is 0. The normalized spacial score (nSPS) is 11.8. The molecule has 0 spiro atoms. The van der Waals surface area contributed by atoms with Gasteiger partial charge in [-0.3, -0.25) is 19.9 Å². The summed E-state index contributed by atoms with van der Waals surface area (Å²) in [5, 5.41) is 2.24. The van der Waals surface area contributed by atoms with Crippen molar-refractivity contribution in [3.8, 4) is 11.4 Å². The van der Waals surface area contributed by atoms with Crippen molar-refractivity contribution in [1.82, 2.24) is 29.1 Å². The third-order valence-corrected chi connectivity index (χ3v) is 5.97. The van der Waals surface area contributed by atoms with E-state index >= 15 is 0 Å². The largest absolute Gasteiger partial charge is 0.306 e. The van der Waals surface area contributed by atoms with Crippen molar-refractivity contribution in [1.29, 1.82) is 0 Å². The van der Waals surface area contributed by atoms with Crippen molar-refractivity contribution >= 4 is 43.9 Å². The van der Waals surface area contributed by atoms with Crippen LogP contribution in [0.1, 0.15) is 0 Å². The molecule has 0 saturated heterocycles. The van der Waals surface area contributed by atoms with Gasteiger partial charge >= 0.3 is 0 Å². The molecule has 0 fully saturated rings. The van der Waals surface area contributed by atoms with E-state index in [0.717, 1.165) is 55.2 Å². The summed E-state index contributed by atoms with van der Waals surface area (Å²) >= 11 is 0. The first-order chi connectivity index (χ1) is 15.9. The van der Waals surface area contributed by atoms with Crippen molar-refractivity contribution in [2.75, 3.05) is 0 Å². The van der Waals surface area contributed by atoms with E-state index in [0.29, 0.717) is 0 Å². The molecule has 7 rings (SSSR count). The Balaban J connectivity index is 1.81. The van der Waals surface area contributed by atoms with Gasteiger partial charge < -0.3 is 9.13 Å². The van der Waals surface area contributed by atoms with E-state index in [1.807, 2.05) is 43.0 Å². The topological polar surface area (TPSA) is 61.4 Å². The zero-order valence-electron chi connectivity index (χ0n) is 16.9. The lowest BCUT2D eigenvalue weighted by atomic mass is 10.2. The summed E-state index contributed by atoms with van der Waals surface area (Å²) in [6, 6.07) is 20.5. The minimum Gasteiger partial charge on any atom is -0.306 e. The first kappa shape index (κ1) is 17.1. The fourth-order valence-electron chi connectivity index (χ4n) is 4.71. The SMILES string of the molecule is c1cncc(-n2c3ccccc3c3cnc4c5ncccc5n(-c5cccnc5)c4c32)c1. The van der Waals surface area contributed by atoms with Crippen LogP contribution in [0.3, 0.4) is 0 Å². The second-order valence-electron chi connectivity index (χ2n) is 7.70. The number of benzene rings is 1. The number of hydrogen-bond acceptors (Lipinski definition) is 4. The van der Waals surface area contributed by atoms with Crippen LogP contribution in [0.4, 0.5) is 0 Å². The Kier molecular flexibility index (Phi) is 3.46. The zero-order chi connectivity index (χ0) is 21.1. The van der Waals surface area contributed by atoms with E-state index in [2.05, 4.69) is 61.6 Å². The fourth-order valence-corrected chi connectivity index (χ4v) is 4.71. The van der Waals surface area contributed by atoms with Gasteiger partial charge in [-0.2, -0.15) is 0 Å². The van der Waals surface area contributed by atoms with Crippen LogP contribution in [-0.4, -0.2) is 29.1 Å². The van der Waals surface area contributed by atoms with Crippen LogP contribution in [0.5, 0.6) is 0 Å². The van der Waals surface area contributed by atoms with Crippen LogP contribution in [0.2, 0.25) is 0 Å². The Bertz CT molecular complexity index is 1630. The standard InChI is InChI=1S/C26H16N6/c1-2-9-21-19(8-1)20-16-30-24-23-22(10-5-13-29-23)32(18-7-4-12-28-15-18)26(24)25(20)31(21)17-6-3-11-27-14-17/h1-16H. The number of rotatable bonds is 2. The van der Waals surface area contributed by atoms with Gasteiger partial charge in [-0.25, -0.2) is 0 Å². The molecule has 150 valence electrons. The second-order valence-corrected chi connectivity index (χ2v) is 7.70. The van der Waals surface area contributed by atoms with Crippen LogP contribution in [0.25, 0.3) is 55.2 Å². The van der Waals surface area contributed by atoms with E-state index < -0.39 is 0 Å². The molecule has 0 saturated carbocycles. The number of nitrogens with zero attached hydrogens (tertiary/aromatic N) is 6. The molecule has 0 atom stereocenters. The zero-order valence-corrected chi connectivity index (χ0v) is 16.9. The molecule has 0 radical (unpaired) electrons. The fraction of sp³-hybridized carbons (Fsp3) is 0. The molecule has 6 nitrogen and oxygen atoms in total. The van der Waals surface area contributed by atoms with Crippen molar-refractivity contribution < 1.29 is 0 Å². The van der Waals surface area contributed by atoms with Gasteiger partial charge in [-0.15, -0.1) is 0 Å². The van der Waals surface area contributed by atoms with Crippen LogP contribution >= 0.6 is 0 Å². The molecule has 6 heterocycles. The minimum atomic E-state index is 0.866. The maximum atomic E-state index is 4.91. The molecule has 32 heavy (non-hydrogen) atoms. The van der Waals surface area contributed by atoms with Crippen LogP contribution in [0, 0.1) is 0 Å². The van der Waals surface area contributed by atoms with Gasteiger partial charge in [0.2, 0.25) is 0 Å². The van der Waals surface area contributed by atoms with Crippen LogP contribution in [-0.2, 0) is 0 Å². The van der Waals surface area contributed by atoms with E-state index in [-0.39, 0.29) is 0 Å². The number of aromatic nitrogens is 6. The molecule has 6 heteroatoms. The second kappa shape index (κ2) is 6.46. The maximum Gasteiger partial charge on any atom is 0.117 e. The monoisotopic (exact) mass is 412 g/mol. The summed E-state index contributed by atoms with van der Waals surface area (Å²) in [6.07, 6.45) is 11.1. The highest BCUT2D eigenvalue weighted by Gasteiger charge is 2.22. The van der Waals surface area contributed by atoms with E-state index in [4.69, 9.17) is 9.97 Å². The molecule has 0 aliphatic heterocycles. The molecule has 1 aromatic carbocycles. The van der Waals surface area contributed by atoms with E-state index in [9.17, 15) is 0 Å². The molecular formula is C26H16N6. The molecular weight excluding hydrogens is 396 g/mol. The molecule has 7 aromatic rings. The van der Waals surface area contributed by atoms with Gasteiger partial charge in [0.25, 0.3) is 0 Å². The lowest BCUT2D eigenvalue weighted by Gasteiger charge is -2.11. The number of hydrogen-bond donors (Lipinski definition) is 0. The highest BCUT2D eigenvalue weighted by molar-refractivity contribution is 6.21. The Hall–Kier alpha value is -4.58. The molecule has 0 amide bonds. The third-order valence-electron chi connectivity index (χ3n) is 5.97. The van der Waals surface area contributed by atoms with Crippen molar-refractivity contribution in [3.05, 3.63) is 97.8 Å². The highest BCUT2D eigenvalue weighted by atomic mass is 15.1. The molecule has 0 bridgehead atoms.